The van der Waals surface area contributed by atoms with E-state index in [1.807, 2.05) is 26.0 Å². The topological polar surface area (TPSA) is 79.3 Å². The van der Waals surface area contributed by atoms with E-state index in [0.717, 1.165) is 5.56 Å². The Balaban J connectivity index is 1.97. The highest BCUT2D eigenvalue weighted by Gasteiger charge is 2.24. The van der Waals surface area contributed by atoms with Crippen LogP contribution in [0.1, 0.15) is 13.8 Å². The Kier molecular flexibility index (Phi) is 5.58. The summed E-state index contributed by atoms with van der Waals surface area (Å²) in [7, 11) is 0. The minimum atomic E-state index is -0.112. The quantitative estimate of drug-likeness (QED) is 0.833. The first kappa shape index (κ1) is 18.4. The Morgan fingerprint density at radius 1 is 1.42 bits per heavy atom. The van der Waals surface area contributed by atoms with E-state index < -0.39 is 0 Å². The number of anilines is 1. The summed E-state index contributed by atoms with van der Waals surface area (Å²) < 4.78 is 1.76. The molecule has 2 N–H and O–H groups in total. The number of hydrogen-bond donors (Lipinski definition) is 2. The molecule has 0 unspecified atom stereocenters. The SMILES string of the molecule is CC(C)NC(=O)Cn1cc(N2CCNCC2=O)nc1-c1cccc(Cl)c1. The molecule has 2 aromatic rings. The zero-order valence-electron chi connectivity index (χ0n) is 14.8. The lowest BCUT2D eigenvalue weighted by Gasteiger charge is -2.25. The molecule has 26 heavy (non-hydrogen) atoms. The van der Waals surface area contributed by atoms with E-state index in [1.165, 1.54) is 0 Å². The lowest BCUT2D eigenvalue weighted by atomic mass is 10.2. The molecule has 1 aliphatic heterocycles. The summed E-state index contributed by atoms with van der Waals surface area (Å²) in [4.78, 5) is 30.7. The van der Waals surface area contributed by atoms with Gasteiger partial charge in [0.1, 0.15) is 12.4 Å². The van der Waals surface area contributed by atoms with Crippen molar-refractivity contribution in [3.63, 3.8) is 0 Å². The zero-order chi connectivity index (χ0) is 18.7. The molecule has 0 saturated carbocycles. The van der Waals surface area contributed by atoms with E-state index in [9.17, 15) is 9.59 Å². The van der Waals surface area contributed by atoms with E-state index in [-0.39, 0.29) is 30.9 Å². The summed E-state index contributed by atoms with van der Waals surface area (Å²) in [5.41, 5.74) is 0.795. The van der Waals surface area contributed by atoms with Gasteiger partial charge in [0, 0.05) is 35.9 Å². The lowest BCUT2D eigenvalue weighted by molar-refractivity contribution is -0.122. The number of hydrogen-bond acceptors (Lipinski definition) is 4. The molecule has 2 heterocycles. The van der Waals surface area contributed by atoms with E-state index in [1.54, 1.807) is 27.8 Å². The Labute approximate surface area is 157 Å². The molecule has 138 valence electrons. The van der Waals surface area contributed by atoms with Gasteiger partial charge in [-0.25, -0.2) is 4.98 Å². The number of rotatable bonds is 5. The van der Waals surface area contributed by atoms with Gasteiger partial charge in [-0.1, -0.05) is 23.7 Å². The normalized spacial score (nSPS) is 14.8. The fraction of sp³-hybridized carbons (Fsp3) is 0.389. The third-order valence-electron chi connectivity index (χ3n) is 3.98. The van der Waals surface area contributed by atoms with E-state index >= 15 is 0 Å². The number of piperazine rings is 1. The van der Waals surface area contributed by atoms with Crippen LogP contribution in [0, 0.1) is 0 Å². The Morgan fingerprint density at radius 3 is 2.92 bits per heavy atom. The third kappa shape index (κ3) is 4.23. The molecule has 7 nitrogen and oxygen atoms in total. The standard InChI is InChI=1S/C18H22ClN5O2/c1-12(2)21-16(25)11-23-10-15(24-7-6-20-9-17(24)26)22-18(23)13-4-3-5-14(19)8-13/h3-5,8,10,12,20H,6-7,9,11H2,1-2H3,(H,21,25). The average Bonchev–Trinajstić information content (AvgIpc) is 2.98. The van der Waals surface area contributed by atoms with Gasteiger partial charge in [-0.15, -0.1) is 0 Å². The summed E-state index contributed by atoms with van der Waals surface area (Å²) in [6, 6.07) is 7.35. The molecular formula is C18H22ClN5O2. The van der Waals surface area contributed by atoms with Crippen LogP contribution in [0.2, 0.25) is 5.02 Å². The van der Waals surface area contributed by atoms with Gasteiger partial charge >= 0.3 is 0 Å². The van der Waals surface area contributed by atoms with Gasteiger partial charge in [0.05, 0.1) is 6.54 Å². The molecule has 1 saturated heterocycles. The van der Waals surface area contributed by atoms with Gasteiger partial charge in [-0.3, -0.25) is 14.5 Å². The van der Waals surface area contributed by atoms with Crippen LogP contribution in [0.5, 0.6) is 0 Å². The molecule has 2 amide bonds. The summed E-state index contributed by atoms with van der Waals surface area (Å²) >= 11 is 6.11. The fourth-order valence-corrected chi connectivity index (χ4v) is 3.07. The average molecular weight is 376 g/mol. The van der Waals surface area contributed by atoms with Crippen LogP contribution in [-0.4, -0.2) is 47.0 Å². The van der Waals surface area contributed by atoms with E-state index in [0.29, 0.717) is 29.8 Å². The van der Waals surface area contributed by atoms with Crippen molar-refractivity contribution in [2.45, 2.75) is 26.4 Å². The number of aromatic nitrogens is 2. The number of carbonyl (C=O) groups is 2. The minimum absolute atomic E-state index is 0.0369. The molecular weight excluding hydrogens is 354 g/mol. The molecule has 1 aromatic heterocycles. The molecule has 0 bridgehead atoms. The smallest absolute Gasteiger partial charge is 0.242 e. The van der Waals surface area contributed by atoms with Crippen molar-refractivity contribution in [1.82, 2.24) is 20.2 Å². The molecule has 0 aliphatic carbocycles. The lowest BCUT2D eigenvalue weighted by Crippen LogP contribution is -2.48. The molecule has 0 atom stereocenters. The summed E-state index contributed by atoms with van der Waals surface area (Å²) in [5.74, 6) is 1.00. The highest BCUT2D eigenvalue weighted by Crippen LogP contribution is 2.26. The van der Waals surface area contributed by atoms with Crippen LogP contribution in [0.3, 0.4) is 0 Å². The third-order valence-corrected chi connectivity index (χ3v) is 4.21. The highest BCUT2D eigenvalue weighted by molar-refractivity contribution is 6.30. The largest absolute Gasteiger partial charge is 0.352 e. The number of halogens is 1. The van der Waals surface area contributed by atoms with Crippen LogP contribution in [0.15, 0.2) is 30.5 Å². The van der Waals surface area contributed by atoms with Crippen molar-refractivity contribution >= 4 is 29.2 Å². The second-order valence-electron chi connectivity index (χ2n) is 6.51. The van der Waals surface area contributed by atoms with Crippen molar-refractivity contribution in [3.8, 4) is 11.4 Å². The van der Waals surface area contributed by atoms with Gasteiger partial charge in [0.2, 0.25) is 11.8 Å². The summed E-state index contributed by atoms with van der Waals surface area (Å²) in [5, 5.41) is 6.50. The number of benzene rings is 1. The van der Waals surface area contributed by atoms with Gasteiger partial charge in [0.25, 0.3) is 0 Å². The van der Waals surface area contributed by atoms with Gasteiger partial charge in [-0.05, 0) is 26.0 Å². The van der Waals surface area contributed by atoms with Crippen LogP contribution < -0.4 is 15.5 Å². The van der Waals surface area contributed by atoms with Crippen LogP contribution in [0.4, 0.5) is 5.82 Å². The molecule has 8 heteroatoms. The van der Waals surface area contributed by atoms with Gasteiger partial charge in [0.15, 0.2) is 5.82 Å². The van der Waals surface area contributed by atoms with Crippen molar-refractivity contribution in [2.24, 2.45) is 0 Å². The fourth-order valence-electron chi connectivity index (χ4n) is 2.88. The molecule has 1 aromatic carbocycles. The number of amides is 2. The predicted octanol–water partition coefficient (Wildman–Crippen LogP) is 1.66. The first-order valence-corrected chi connectivity index (χ1v) is 8.95. The number of nitrogens with zero attached hydrogens (tertiary/aromatic N) is 3. The molecule has 1 fully saturated rings. The summed E-state index contributed by atoms with van der Waals surface area (Å²) in [6.07, 6.45) is 1.75. The number of nitrogens with one attached hydrogen (secondary N) is 2. The highest BCUT2D eigenvalue weighted by atomic mass is 35.5. The Morgan fingerprint density at radius 2 is 2.23 bits per heavy atom. The molecule has 0 spiro atoms. The van der Waals surface area contributed by atoms with Crippen molar-refractivity contribution in [2.75, 3.05) is 24.5 Å². The second-order valence-corrected chi connectivity index (χ2v) is 6.94. The minimum Gasteiger partial charge on any atom is -0.352 e. The van der Waals surface area contributed by atoms with Crippen molar-refractivity contribution < 1.29 is 9.59 Å². The molecule has 3 rings (SSSR count). The van der Waals surface area contributed by atoms with Gasteiger partial charge < -0.3 is 15.2 Å². The molecule has 0 radical (unpaired) electrons. The zero-order valence-corrected chi connectivity index (χ0v) is 15.6. The van der Waals surface area contributed by atoms with Crippen molar-refractivity contribution in [1.29, 1.82) is 0 Å². The summed E-state index contributed by atoms with van der Waals surface area (Å²) in [6.45, 7) is 5.48. The maximum Gasteiger partial charge on any atom is 0.242 e. The predicted molar refractivity (Wildman–Crippen MR) is 101 cm³/mol. The number of imidazole rings is 1. The van der Waals surface area contributed by atoms with E-state index in [4.69, 9.17) is 11.6 Å². The van der Waals surface area contributed by atoms with Gasteiger partial charge in [-0.2, -0.15) is 0 Å². The van der Waals surface area contributed by atoms with Crippen LogP contribution in [-0.2, 0) is 16.1 Å². The first-order valence-electron chi connectivity index (χ1n) is 8.57. The van der Waals surface area contributed by atoms with Crippen LogP contribution >= 0.6 is 11.6 Å². The van der Waals surface area contributed by atoms with Crippen LogP contribution in [0.25, 0.3) is 11.4 Å². The van der Waals surface area contributed by atoms with Crippen molar-refractivity contribution in [3.05, 3.63) is 35.5 Å². The van der Waals surface area contributed by atoms with E-state index in [2.05, 4.69) is 15.6 Å². The Bertz CT molecular complexity index is 818. The first-order chi connectivity index (χ1) is 12.4. The maximum atomic E-state index is 12.2. The maximum absolute atomic E-state index is 12.2. The second kappa shape index (κ2) is 7.88. The monoisotopic (exact) mass is 375 g/mol. The number of carbonyl (C=O) groups excluding carboxylic acids is 2. The molecule has 1 aliphatic rings. The Hall–Kier alpha value is -2.38.